The summed E-state index contributed by atoms with van der Waals surface area (Å²) in [7, 11) is 0. The third kappa shape index (κ3) is 5.17. The number of alkyl halides is 3. The summed E-state index contributed by atoms with van der Waals surface area (Å²) in [6, 6.07) is 4.52. The third-order valence-corrected chi connectivity index (χ3v) is 2.59. The normalized spacial score (nSPS) is 14.7. The molecule has 0 aromatic heterocycles. The summed E-state index contributed by atoms with van der Waals surface area (Å²) >= 11 is 5.74. The number of ether oxygens (including phenoxy) is 1. The molecule has 11 heteroatoms. The van der Waals surface area contributed by atoms with Crippen LogP contribution in [-0.4, -0.2) is 18.6 Å². The minimum Gasteiger partial charge on any atom is -0.474 e. The predicted molar refractivity (Wildman–Crippen MR) is 68.5 cm³/mol. The van der Waals surface area contributed by atoms with E-state index in [0.717, 1.165) is 6.08 Å². The average Bonchev–Trinajstić information content (AvgIpc) is 2.26. The van der Waals surface area contributed by atoms with Gasteiger partial charge in [0.2, 0.25) is 6.10 Å². The number of rotatable bonds is 1. The highest BCUT2D eigenvalue weighted by molar-refractivity contribution is 6.32. The summed E-state index contributed by atoms with van der Waals surface area (Å²) in [5.74, 6) is -0.0536. The highest BCUT2D eigenvalue weighted by Gasteiger charge is 2.46. The van der Waals surface area contributed by atoms with Crippen LogP contribution in [0.3, 0.4) is 0 Å². The summed E-state index contributed by atoms with van der Waals surface area (Å²) in [6.45, 7) is 0. The van der Waals surface area contributed by atoms with Gasteiger partial charge in [-0.25, -0.2) is 0 Å². The first-order chi connectivity index (χ1) is 7.93. The Bertz CT molecular complexity index is 503. The number of carbonyl (C=O) groups excluding carboxylic acids is 1. The van der Waals surface area contributed by atoms with Gasteiger partial charge in [0.1, 0.15) is 12.0 Å². The number of carbonyl (C=O) groups is 1. The van der Waals surface area contributed by atoms with Gasteiger partial charge in [0, 0.05) is 11.1 Å². The summed E-state index contributed by atoms with van der Waals surface area (Å²) in [6.07, 6.45) is -5.63. The van der Waals surface area contributed by atoms with Crippen LogP contribution in [0.25, 0.3) is 6.08 Å². The van der Waals surface area contributed by atoms with Crippen molar-refractivity contribution in [1.29, 1.82) is 0 Å². The minimum absolute atomic E-state index is 0. The molecule has 2 nitrogen and oxygen atoms in total. The van der Waals surface area contributed by atoms with Crippen LogP contribution in [0.5, 0.6) is 5.75 Å². The van der Waals surface area contributed by atoms with E-state index in [-0.39, 0.29) is 40.6 Å². The molecule has 1 unspecified atom stereocenters. The van der Waals surface area contributed by atoms with Crippen molar-refractivity contribution in [1.82, 2.24) is 0 Å². The van der Waals surface area contributed by atoms with Crippen molar-refractivity contribution < 1.29 is 46.2 Å². The molecule has 0 fully saturated rings. The van der Waals surface area contributed by atoms with E-state index in [9.17, 15) is 18.0 Å². The zero-order chi connectivity index (χ0) is 12.6. The van der Waals surface area contributed by atoms with Crippen molar-refractivity contribution in [2.45, 2.75) is 12.3 Å². The zero-order valence-corrected chi connectivity index (χ0v) is 11.1. The molecule has 1 aromatic rings. The van der Waals surface area contributed by atoms with E-state index in [2.05, 4.69) is 0 Å². The Morgan fingerprint density at radius 3 is 2.09 bits per heavy atom. The molecule has 0 saturated carbocycles. The molecule has 0 spiro atoms. The third-order valence-electron chi connectivity index (χ3n) is 2.29. The van der Waals surface area contributed by atoms with E-state index < -0.39 is 17.9 Å². The second kappa shape index (κ2) is 9.98. The molecule has 1 heterocycles. The number of fused-ring (bicyclic) bond motifs is 1. The maximum Gasteiger partial charge on any atom is 0.429 e. The predicted octanol–water partition coefficient (Wildman–Crippen LogP) is 4.01. The van der Waals surface area contributed by atoms with E-state index in [4.69, 9.17) is 16.3 Å². The molecule has 0 aliphatic carbocycles. The Kier molecular flexibility index (Phi) is 12.9. The van der Waals surface area contributed by atoms with Gasteiger partial charge in [0.25, 0.3) is 0 Å². The quantitative estimate of drug-likeness (QED) is 0.557. The van der Waals surface area contributed by atoms with Crippen LogP contribution in [0, 0.1) is 0 Å². The number of hydrogen-bond donors (Lipinski definition) is 0. The molecule has 0 radical (unpaired) electrons. The molecule has 1 aliphatic heterocycles. The lowest BCUT2D eigenvalue weighted by Gasteiger charge is -2.27. The molecule has 0 bridgehead atoms. The average molecular weight is 363 g/mol. The fraction of sp³-hybridized carbons (Fsp3) is 0.182. The summed E-state index contributed by atoms with van der Waals surface area (Å²) in [4.78, 5) is 10.6. The van der Waals surface area contributed by atoms with Gasteiger partial charge in [0.05, 0.1) is 5.02 Å². The van der Waals surface area contributed by atoms with Gasteiger partial charge in [0.15, 0.2) is 0 Å². The number of benzene rings is 1. The van der Waals surface area contributed by atoms with Crippen LogP contribution in [0.15, 0.2) is 23.8 Å². The number of aldehydes is 1. The molecule has 1 atom stereocenters. The fourth-order valence-corrected chi connectivity index (χ4v) is 1.78. The molecule has 2 rings (SSSR count). The molecular formula is C11H11ClF8O2. The lowest BCUT2D eigenvalue weighted by atomic mass is 10.0. The van der Waals surface area contributed by atoms with Crippen LogP contribution >= 0.6 is 11.6 Å². The van der Waals surface area contributed by atoms with Gasteiger partial charge in [-0.2, -0.15) is 13.2 Å². The molecule has 22 heavy (non-hydrogen) atoms. The van der Waals surface area contributed by atoms with Gasteiger partial charge < -0.3 is 4.74 Å². The Morgan fingerprint density at radius 1 is 1.09 bits per heavy atom. The lowest BCUT2D eigenvalue weighted by molar-refractivity contribution is -0.184. The Labute approximate surface area is 123 Å². The number of para-hydroxylation sites is 1. The standard InChI is InChI=1S/C11H6ClF3O2.5FH/c12-8-3-1-2-6-4-7(5-16)10(11(13,14)15)17-9(6)8;;;;;/h1-5,10H;5*1H. The summed E-state index contributed by atoms with van der Waals surface area (Å²) in [5.41, 5.74) is -0.104. The summed E-state index contributed by atoms with van der Waals surface area (Å²) in [5, 5.41) is 0.0814. The van der Waals surface area contributed by atoms with Gasteiger partial charge in [-0.05, 0) is 12.1 Å². The Balaban J connectivity index is -0.000000324. The zero-order valence-electron chi connectivity index (χ0n) is 10.3. The van der Waals surface area contributed by atoms with Crippen LogP contribution in [0.1, 0.15) is 5.56 Å². The monoisotopic (exact) mass is 362 g/mol. The maximum atomic E-state index is 12.6. The number of halogens is 9. The Hall–Kier alpha value is -1.84. The van der Waals surface area contributed by atoms with Crippen molar-refractivity contribution in [3.05, 3.63) is 34.4 Å². The lowest BCUT2D eigenvalue weighted by Crippen LogP contribution is -2.38. The molecule has 0 N–H and O–H groups in total. The van der Waals surface area contributed by atoms with E-state index in [1.54, 1.807) is 6.07 Å². The smallest absolute Gasteiger partial charge is 0.429 e. The van der Waals surface area contributed by atoms with Crippen LogP contribution in [0.2, 0.25) is 5.02 Å². The van der Waals surface area contributed by atoms with Gasteiger partial charge >= 0.3 is 6.18 Å². The first-order valence-corrected chi connectivity index (χ1v) is 5.00. The van der Waals surface area contributed by atoms with Crippen molar-refractivity contribution in [3.63, 3.8) is 0 Å². The fourth-order valence-electron chi connectivity index (χ4n) is 1.56. The van der Waals surface area contributed by atoms with Crippen molar-refractivity contribution in [3.8, 4) is 5.75 Å². The van der Waals surface area contributed by atoms with Gasteiger partial charge in [-0.1, -0.05) is 23.7 Å². The maximum absolute atomic E-state index is 12.6. The highest BCUT2D eigenvalue weighted by Crippen LogP contribution is 2.39. The summed E-state index contributed by atoms with van der Waals surface area (Å²) < 4.78 is 42.7. The first kappa shape index (κ1) is 28.3. The highest BCUT2D eigenvalue weighted by atomic mass is 35.5. The first-order valence-electron chi connectivity index (χ1n) is 4.62. The number of hydrogen-bond acceptors (Lipinski definition) is 2. The van der Waals surface area contributed by atoms with Crippen LogP contribution in [-0.2, 0) is 4.79 Å². The van der Waals surface area contributed by atoms with E-state index in [0.29, 0.717) is 5.56 Å². The second-order valence-corrected chi connectivity index (χ2v) is 3.87. The van der Waals surface area contributed by atoms with Crippen molar-refractivity contribution in [2.75, 3.05) is 0 Å². The molecule has 0 saturated heterocycles. The van der Waals surface area contributed by atoms with Crippen LogP contribution in [0.4, 0.5) is 36.7 Å². The van der Waals surface area contributed by atoms with E-state index in [1.807, 2.05) is 0 Å². The topological polar surface area (TPSA) is 26.3 Å². The van der Waals surface area contributed by atoms with E-state index >= 15 is 0 Å². The SMILES string of the molecule is F.F.F.F.F.O=CC1=Cc2cccc(Cl)c2OC1C(F)(F)F. The largest absolute Gasteiger partial charge is 0.474 e. The molecule has 0 amide bonds. The Morgan fingerprint density at radius 2 is 1.64 bits per heavy atom. The second-order valence-electron chi connectivity index (χ2n) is 3.46. The van der Waals surface area contributed by atoms with E-state index in [1.165, 1.54) is 12.1 Å². The molecule has 130 valence electrons. The van der Waals surface area contributed by atoms with Crippen molar-refractivity contribution in [2.24, 2.45) is 0 Å². The van der Waals surface area contributed by atoms with Gasteiger partial charge in [-0.15, -0.1) is 0 Å². The molecular weight excluding hydrogens is 352 g/mol. The van der Waals surface area contributed by atoms with Crippen LogP contribution < -0.4 is 4.74 Å². The molecule has 1 aliphatic rings. The minimum atomic E-state index is -4.65. The van der Waals surface area contributed by atoms with Gasteiger partial charge in [-0.3, -0.25) is 28.3 Å². The molecule has 1 aromatic carbocycles. The van der Waals surface area contributed by atoms with Crippen molar-refractivity contribution >= 4 is 24.0 Å².